The van der Waals surface area contributed by atoms with E-state index in [0.717, 1.165) is 11.3 Å². The molecule has 2 amide bonds. The molecule has 0 saturated carbocycles. The van der Waals surface area contributed by atoms with E-state index in [1.165, 1.54) is 11.3 Å². The minimum Gasteiger partial charge on any atom is -0.341 e. The van der Waals surface area contributed by atoms with Crippen LogP contribution in [-0.2, 0) is 4.79 Å². The molecule has 3 aromatic rings. The van der Waals surface area contributed by atoms with Crippen molar-refractivity contribution in [2.24, 2.45) is 0 Å². The molecule has 0 saturated heterocycles. The van der Waals surface area contributed by atoms with Crippen LogP contribution in [0.1, 0.15) is 22.8 Å². The van der Waals surface area contributed by atoms with Crippen molar-refractivity contribution in [3.05, 3.63) is 65.2 Å². The summed E-state index contributed by atoms with van der Waals surface area (Å²) in [6, 6.07) is 12.1. The average Bonchev–Trinajstić information content (AvgIpc) is 3.11. The fourth-order valence-electron chi connectivity index (χ4n) is 2.31. The molecule has 0 aliphatic rings. The lowest BCUT2D eigenvalue weighted by atomic mass is 10.1. The number of nitrogens with one attached hydrogen (secondary N) is 2. The summed E-state index contributed by atoms with van der Waals surface area (Å²) in [7, 11) is 0. The quantitative estimate of drug-likeness (QED) is 0.726. The number of hydrogen-bond donors (Lipinski definition) is 2. The number of anilines is 1. The fourth-order valence-corrected chi connectivity index (χ4v) is 3.02. The van der Waals surface area contributed by atoms with Crippen LogP contribution in [-0.4, -0.2) is 27.8 Å². The maximum absolute atomic E-state index is 12.3. The van der Waals surface area contributed by atoms with Crippen LogP contribution in [0.3, 0.4) is 0 Å². The summed E-state index contributed by atoms with van der Waals surface area (Å²) in [5, 5.41) is 7.71. The number of benzene rings is 1. The van der Waals surface area contributed by atoms with Gasteiger partial charge in [-0.2, -0.15) is 0 Å². The first-order chi connectivity index (χ1) is 12.5. The van der Waals surface area contributed by atoms with E-state index in [1.54, 1.807) is 25.3 Å². The monoisotopic (exact) mass is 366 g/mol. The first kappa shape index (κ1) is 17.8. The van der Waals surface area contributed by atoms with Gasteiger partial charge in [-0.3, -0.25) is 14.6 Å². The van der Waals surface area contributed by atoms with Gasteiger partial charge in [-0.05, 0) is 38.1 Å². The van der Waals surface area contributed by atoms with Crippen molar-refractivity contribution in [3.8, 4) is 11.4 Å². The van der Waals surface area contributed by atoms with Crippen LogP contribution in [0.25, 0.3) is 11.4 Å². The predicted molar refractivity (Wildman–Crippen MR) is 102 cm³/mol. The molecule has 0 bridgehead atoms. The summed E-state index contributed by atoms with van der Waals surface area (Å²) in [4.78, 5) is 33.2. The Kier molecular flexibility index (Phi) is 5.38. The zero-order valence-electron chi connectivity index (χ0n) is 14.4. The minimum atomic E-state index is -0.690. The number of hydrogen-bond acceptors (Lipinski definition) is 5. The van der Waals surface area contributed by atoms with Crippen molar-refractivity contribution in [3.63, 3.8) is 0 Å². The molecule has 0 aliphatic heterocycles. The van der Waals surface area contributed by atoms with E-state index < -0.39 is 6.04 Å². The Hall–Kier alpha value is -3.06. The van der Waals surface area contributed by atoms with Gasteiger partial charge in [-0.15, -0.1) is 11.3 Å². The van der Waals surface area contributed by atoms with Crippen molar-refractivity contribution in [2.45, 2.75) is 19.9 Å². The lowest BCUT2D eigenvalue weighted by Crippen LogP contribution is -2.41. The molecule has 7 heteroatoms. The molecule has 6 nitrogen and oxygen atoms in total. The molecule has 0 aliphatic carbocycles. The molecular formula is C19H18N4O2S. The van der Waals surface area contributed by atoms with Gasteiger partial charge in [0.25, 0.3) is 5.91 Å². The Morgan fingerprint density at radius 2 is 1.96 bits per heavy atom. The second kappa shape index (κ2) is 7.88. The van der Waals surface area contributed by atoms with Gasteiger partial charge in [0.15, 0.2) is 5.13 Å². The number of carbonyl (C=O) groups is 2. The molecule has 0 spiro atoms. The van der Waals surface area contributed by atoms with Gasteiger partial charge in [0.1, 0.15) is 11.7 Å². The van der Waals surface area contributed by atoms with E-state index in [4.69, 9.17) is 0 Å². The number of pyridine rings is 1. The standard InChI is InChI=1S/C19H18N4O2S/c1-12-6-5-7-14(10-12)18(25)21-13(2)17(24)23-19-22-16(11-26-19)15-8-3-4-9-20-15/h3-11,13H,1-2H3,(H,21,25)(H,22,23,24). The predicted octanol–water partition coefficient (Wildman–Crippen LogP) is 3.27. The third-order valence-corrected chi connectivity index (χ3v) is 4.44. The highest BCUT2D eigenvalue weighted by molar-refractivity contribution is 7.14. The molecule has 2 heterocycles. The van der Waals surface area contributed by atoms with Gasteiger partial charge in [-0.1, -0.05) is 23.8 Å². The highest BCUT2D eigenvalue weighted by atomic mass is 32.1. The molecule has 1 unspecified atom stereocenters. The number of rotatable bonds is 5. The molecule has 26 heavy (non-hydrogen) atoms. The van der Waals surface area contributed by atoms with E-state index in [2.05, 4.69) is 20.6 Å². The lowest BCUT2D eigenvalue weighted by molar-refractivity contribution is -0.117. The SMILES string of the molecule is Cc1cccc(C(=O)NC(C)C(=O)Nc2nc(-c3ccccn3)cs2)c1. The van der Waals surface area contributed by atoms with Gasteiger partial charge < -0.3 is 10.6 Å². The smallest absolute Gasteiger partial charge is 0.251 e. The summed E-state index contributed by atoms with van der Waals surface area (Å²) >= 11 is 1.31. The number of nitrogens with zero attached hydrogens (tertiary/aromatic N) is 2. The minimum absolute atomic E-state index is 0.287. The number of amides is 2. The second-order valence-electron chi connectivity index (χ2n) is 5.81. The van der Waals surface area contributed by atoms with Crippen LogP contribution in [0.15, 0.2) is 54.0 Å². The number of thiazole rings is 1. The summed E-state index contributed by atoms with van der Waals surface area (Å²) < 4.78 is 0. The third kappa shape index (κ3) is 4.31. The van der Waals surface area contributed by atoms with Crippen LogP contribution in [0.5, 0.6) is 0 Å². The summed E-state index contributed by atoms with van der Waals surface area (Å²) in [6.45, 7) is 3.55. The summed E-state index contributed by atoms with van der Waals surface area (Å²) in [5.41, 5.74) is 2.95. The molecule has 0 fully saturated rings. The van der Waals surface area contributed by atoms with Crippen molar-refractivity contribution in [1.82, 2.24) is 15.3 Å². The van der Waals surface area contributed by atoms with Crippen LogP contribution in [0, 0.1) is 6.92 Å². The first-order valence-corrected chi connectivity index (χ1v) is 8.96. The largest absolute Gasteiger partial charge is 0.341 e. The maximum Gasteiger partial charge on any atom is 0.251 e. The Morgan fingerprint density at radius 3 is 2.69 bits per heavy atom. The molecule has 0 radical (unpaired) electrons. The van der Waals surface area contributed by atoms with Crippen molar-refractivity contribution in [1.29, 1.82) is 0 Å². The summed E-state index contributed by atoms with van der Waals surface area (Å²) in [5.74, 6) is -0.613. The van der Waals surface area contributed by atoms with Crippen molar-refractivity contribution in [2.75, 3.05) is 5.32 Å². The molecule has 3 rings (SSSR count). The highest BCUT2D eigenvalue weighted by Crippen LogP contribution is 2.23. The molecule has 132 valence electrons. The lowest BCUT2D eigenvalue weighted by Gasteiger charge is -2.13. The zero-order chi connectivity index (χ0) is 18.5. The van der Waals surface area contributed by atoms with E-state index in [1.807, 2.05) is 42.6 Å². The Labute approximate surface area is 155 Å². The van der Waals surface area contributed by atoms with Gasteiger partial charge in [-0.25, -0.2) is 4.98 Å². The third-order valence-electron chi connectivity index (χ3n) is 3.68. The van der Waals surface area contributed by atoms with Crippen molar-refractivity contribution < 1.29 is 9.59 Å². The number of carbonyl (C=O) groups excluding carboxylic acids is 2. The van der Waals surface area contributed by atoms with Gasteiger partial charge in [0.2, 0.25) is 5.91 Å². The normalized spacial score (nSPS) is 11.6. The van der Waals surface area contributed by atoms with Crippen LogP contribution >= 0.6 is 11.3 Å². The van der Waals surface area contributed by atoms with Gasteiger partial charge in [0.05, 0.1) is 5.69 Å². The maximum atomic E-state index is 12.3. The fraction of sp³-hybridized carbons (Fsp3) is 0.158. The van der Waals surface area contributed by atoms with Gasteiger partial charge in [0, 0.05) is 17.1 Å². The van der Waals surface area contributed by atoms with Crippen LogP contribution < -0.4 is 10.6 Å². The van der Waals surface area contributed by atoms with Crippen LogP contribution in [0.4, 0.5) is 5.13 Å². The molecule has 1 atom stereocenters. The van der Waals surface area contributed by atoms with E-state index >= 15 is 0 Å². The van der Waals surface area contributed by atoms with E-state index in [-0.39, 0.29) is 11.8 Å². The Morgan fingerprint density at radius 1 is 1.12 bits per heavy atom. The van der Waals surface area contributed by atoms with E-state index in [9.17, 15) is 9.59 Å². The number of aromatic nitrogens is 2. The number of aryl methyl sites for hydroxylation is 1. The highest BCUT2D eigenvalue weighted by Gasteiger charge is 2.18. The molecule has 2 N–H and O–H groups in total. The van der Waals surface area contributed by atoms with Crippen molar-refractivity contribution >= 4 is 28.3 Å². The second-order valence-corrected chi connectivity index (χ2v) is 6.66. The van der Waals surface area contributed by atoms with E-state index in [0.29, 0.717) is 16.4 Å². The molecular weight excluding hydrogens is 348 g/mol. The zero-order valence-corrected chi connectivity index (χ0v) is 15.2. The average molecular weight is 366 g/mol. The molecule has 1 aromatic carbocycles. The first-order valence-electron chi connectivity index (χ1n) is 8.08. The Bertz CT molecular complexity index is 924. The summed E-state index contributed by atoms with van der Waals surface area (Å²) in [6.07, 6.45) is 1.69. The van der Waals surface area contributed by atoms with Crippen LogP contribution in [0.2, 0.25) is 0 Å². The van der Waals surface area contributed by atoms with Gasteiger partial charge >= 0.3 is 0 Å². The Balaban J connectivity index is 1.61. The topological polar surface area (TPSA) is 84.0 Å². The molecule has 2 aromatic heterocycles.